The number of aromatic carboxylic acids is 1. The lowest BCUT2D eigenvalue weighted by molar-refractivity contribution is 0.0693. The van der Waals surface area contributed by atoms with E-state index in [9.17, 15) is 9.00 Å². The molecule has 0 aliphatic carbocycles. The van der Waals surface area contributed by atoms with Crippen molar-refractivity contribution in [1.29, 1.82) is 0 Å². The summed E-state index contributed by atoms with van der Waals surface area (Å²) in [6.45, 7) is 0. The second-order valence-corrected chi connectivity index (χ2v) is 7.35. The number of hydrogen-bond acceptors (Lipinski definition) is 2. The first-order chi connectivity index (χ1) is 9.88. The number of rotatable bonds is 4. The maximum absolute atomic E-state index is 12.5. The topological polar surface area (TPSA) is 54.4 Å². The Hall–Kier alpha value is -0.880. The Morgan fingerprint density at radius 2 is 1.90 bits per heavy atom. The van der Waals surface area contributed by atoms with Crippen LogP contribution in [0.1, 0.15) is 15.9 Å². The standard InChI is InChI=1S/C14H9BrCl2O3S/c15-9-2-4-11(14(18)19)13(5-9)21(20)7-8-1-3-10(16)6-12(8)17/h1-6H,7H2,(H,18,19). The molecular weight excluding hydrogens is 399 g/mol. The number of benzene rings is 2. The number of carboxylic acids is 1. The van der Waals surface area contributed by atoms with E-state index in [4.69, 9.17) is 28.3 Å². The maximum atomic E-state index is 12.5. The lowest BCUT2D eigenvalue weighted by atomic mass is 10.2. The third-order valence-electron chi connectivity index (χ3n) is 2.72. The van der Waals surface area contributed by atoms with Gasteiger partial charge >= 0.3 is 5.97 Å². The second kappa shape index (κ2) is 6.92. The van der Waals surface area contributed by atoms with Gasteiger partial charge in [-0.3, -0.25) is 4.21 Å². The summed E-state index contributed by atoms with van der Waals surface area (Å²) >= 11 is 15.1. The van der Waals surface area contributed by atoms with Crippen LogP contribution in [-0.4, -0.2) is 15.3 Å². The molecule has 0 bridgehead atoms. The minimum absolute atomic E-state index is 0.0154. The smallest absolute Gasteiger partial charge is 0.336 e. The molecule has 21 heavy (non-hydrogen) atoms. The van der Waals surface area contributed by atoms with Crippen LogP contribution >= 0.6 is 39.1 Å². The summed E-state index contributed by atoms with van der Waals surface area (Å²) in [5.41, 5.74) is 0.664. The normalized spacial score (nSPS) is 12.1. The van der Waals surface area contributed by atoms with Gasteiger partial charge in [0.25, 0.3) is 0 Å². The molecule has 3 nitrogen and oxygen atoms in total. The Kier molecular flexibility index (Phi) is 5.43. The van der Waals surface area contributed by atoms with E-state index in [1.54, 1.807) is 30.3 Å². The van der Waals surface area contributed by atoms with Gasteiger partial charge in [0.05, 0.1) is 27.0 Å². The van der Waals surface area contributed by atoms with Gasteiger partial charge in [0.15, 0.2) is 0 Å². The highest BCUT2D eigenvalue weighted by Gasteiger charge is 2.17. The van der Waals surface area contributed by atoms with Crippen molar-refractivity contribution in [3.63, 3.8) is 0 Å². The molecule has 2 rings (SSSR count). The molecule has 0 spiro atoms. The summed E-state index contributed by atoms with van der Waals surface area (Å²) in [6, 6.07) is 9.46. The van der Waals surface area contributed by atoms with Gasteiger partial charge in [-0.05, 0) is 35.9 Å². The number of hydrogen-bond donors (Lipinski definition) is 1. The first-order valence-corrected chi connectivity index (χ1v) is 8.60. The van der Waals surface area contributed by atoms with Crippen molar-refractivity contribution in [3.05, 3.63) is 62.0 Å². The number of halogens is 3. The third-order valence-corrected chi connectivity index (χ3v) is 5.20. The highest BCUT2D eigenvalue weighted by atomic mass is 79.9. The van der Waals surface area contributed by atoms with Crippen LogP contribution in [0.3, 0.4) is 0 Å². The molecule has 0 radical (unpaired) electrons. The molecule has 0 amide bonds. The van der Waals surface area contributed by atoms with Gasteiger partial charge in [-0.25, -0.2) is 4.79 Å². The average Bonchev–Trinajstić information content (AvgIpc) is 2.41. The van der Waals surface area contributed by atoms with Crippen LogP contribution < -0.4 is 0 Å². The van der Waals surface area contributed by atoms with Crippen molar-refractivity contribution < 1.29 is 14.1 Å². The minimum Gasteiger partial charge on any atom is -0.478 e. The van der Waals surface area contributed by atoms with Crippen LogP contribution in [0.25, 0.3) is 0 Å². The Bertz CT molecular complexity index is 734. The van der Waals surface area contributed by atoms with E-state index in [1.165, 1.54) is 6.07 Å². The first-order valence-electron chi connectivity index (χ1n) is 5.73. The van der Waals surface area contributed by atoms with Crippen molar-refractivity contribution in [2.45, 2.75) is 10.6 Å². The monoisotopic (exact) mass is 406 g/mol. The fraction of sp³-hybridized carbons (Fsp3) is 0.0714. The Morgan fingerprint density at radius 1 is 1.19 bits per heavy atom. The van der Waals surface area contributed by atoms with Crippen molar-refractivity contribution in [2.75, 3.05) is 0 Å². The second-order valence-electron chi connectivity index (χ2n) is 4.17. The zero-order valence-electron chi connectivity index (χ0n) is 10.5. The van der Waals surface area contributed by atoms with Crippen LogP contribution in [0.15, 0.2) is 45.8 Å². The average molecular weight is 408 g/mol. The van der Waals surface area contributed by atoms with Crippen molar-refractivity contribution >= 4 is 55.9 Å². The van der Waals surface area contributed by atoms with E-state index < -0.39 is 16.8 Å². The van der Waals surface area contributed by atoms with E-state index in [-0.39, 0.29) is 16.2 Å². The lowest BCUT2D eigenvalue weighted by Crippen LogP contribution is -2.06. The lowest BCUT2D eigenvalue weighted by Gasteiger charge is -2.08. The molecule has 7 heteroatoms. The summed E-state index contributed by atoms with van der Waals surface area (Å²) in [5, 5.41) is 10.1. The molecule has 110 valence electrons. The highest BCUT2D eigenvalue weighted by Crippen LogP contribution is 2.26. The van der Waals surface area contributed by atoms with Crippen LogP contribution in [-0.2, 0) is 16.6 Å². The van der Waals surface area contributed by atoms with Crippen LogP contribution in [0.2, 0.25) is 10.0 Å². The van der Waals surface area contributed by atoms with Crippen LogP contribution in [0, 0.1) is 0 Å². The summed E-state index contributed by atoms with van der Waals surface area (Å²) in [4.78, 5) is 11.5. The molecule has 0 heterocycles. The molecule has 1 atom stereocenters. The molecule has 0 aromatic heterocycles. The largest absolute Gasteiger partial charge is 0.478 e. The van der Waals surface area contributed by atoms with E-state index in [0.29, 0.717) is 20.1 Å². The summed E-state index contributed by atoms with van der Waals surface area (Å²) in [7, 11) is -1.53. The summed E-state index contributed by atoms with van der Waals surface area (Å²) < 4.78 is 13.1. The van der Waals surface area contributed by atoms with Gasteiger partial charge in [0, 0.05) is 14.5 Å². The molecule has 0 saturated carbocycles. The highest BCUT2D eigenvalue weighted by molar-refractivity contribution is 9.10. The van der Waals surface area contributed by atoms with Gasteiger partial charge in [-0.2, -0.15) is 0 Å². The van der Waals surface area contributed by atoms with Gasteiger partial charge in [-0.15, -0.1) is 0 Å². The zero-order valence-corrected chi connectivity index (χ0v) is 14.4. The summed E-state index contributed by atoms with van der Waals surface area (Å²) in [5.74, 6) is -1.000. The fourth-order valence-electron chi connectivity index (χ4n) is 1.72. The minimum atomic E-state index is -1.53. The van der Waals surface area contributed by atoms with Gasteiger partial charge in [0.2, 0.25) is 0 Å². The predicted octanol–water partition coefficient (Wildman–Crippen LogP) is 4.76. The van der Waals surface area contributed by atoms with Crippen LogP contribution in [0.5, 0.6) is 0 Å². The quantitative estimate of drug-likeness (QED) is 0.794. The zero-order chi connectivity index (χ0) is 15.6. The third kappa shape index (κ3) is 4.07. The van der Waals surface area contributed by atoms with Gasteiger partial charge in [-0.1, -0.05) is 45.2 Å². The molecular formula is C14H9BrCl2O3S. The first kappa shape index (κ1) is 16.5. The van der Waals surface area contributed by atoms with Crippen LogP contribution in [0.4, 0.5) is 0 Å². The molecule has 1 unspecified atom stereocenters. The molecule has 0 aliphatic heterocycles. The SMILES string of the molecule is O=C(O)c1ccc(Br)cc1S(=O)Cc1ccc(Cl)cc1Cl. The van der Waals surface area contributed by atoms with Gasteiger partial charge < -0.3 is 5.11 Å². The van der Waals surface area contributed by atoms with E-state index >= 15 is 0 Å². The molecule has 0 aliphatic rings. The van der Waals surface area contributed by atoms with E-state index in [0.717, 1.165) is 0 Å². The van der Waals surface area contributed by atoms with E-state index in [1.807, 2.05) is 0 Å². The Balaban J connectivity index is 2.36. The predicted molar refractivity (Wildman–Crippen MR) is 87.7 cm³/mol. The molecule has 0 fully saturated rings. The fourth-order valence-corrected chi connectivity index (χ4v) is 4.13. The van der Waals surface area contributed by atoms with E-state index in [2.05, 4.69) is 15.9 Å². The van der Waals surface area contributed by atoms with Gasteiger partial charge in [0.1, 0.15) is 0 Å². The Morgan fingerprint density at radius 3 is 2.52 bits per heavy atom. The molecule has 0 saturated heterocycles. The van der Waals surface area contributed by atoms with Crippen molar-refractivity contribution in [3.8, 4) is 0 Å². The number of carboxylic acid groups (broad SMARTS) is 1. The molecule has 2 aromatic rings. The molecule has 2 aromatic carbocycles. The summed E-state index contributed by atoms with van der Waals surface area (Å²) in [6.07, 6.45) is 0. The Labute approximate surface area is 142 Å². The van der Waals surface area contributed by atoms with Crippen molar-refractivity contribution in [2.24, 2.45) is 0 Å². The van der Waals surface area contributed by atoms with Crippen molar-refractivity contribution in [1.82, 2.24) is 0 Å². The molecule has 1 N–H and O–H groups in total. The number of carbonyl (C=O) groups is 1. The maximum Gasteiger partial charge on any atom is 0.336 e.